The van der Waals surface area contributed by atoms with Crippen LogP contribution in [-0.4, -0.2) is 37.1 Å². The molecule has 2 aromatic heterocycles. The molecule has 0 fully saturated rings. The van der Waals surface area contributed by atoms with E-state index in [-0.39, 0.29) is 11.5 Å². The Morgan fingerprint density at radius 2 is 2.03 bits per heavy atom. The number of H-pyrrole nitrogens is 1. The number of aromatic amines is 1. The van der Waals surface area contributed by atoms with Crippen LogP contribution in [0.15, 0.2) is 42.6 Å². The van der Waals surface area contributed by atoms with Gasteiger partial charge in [-0.2, -0.15) is 5.10 Å². The molecule has 9 heteroatoms. The van der Waals surface area contributed by atoms with E-state index < -0.39 is 5.97 Å². The van der Waals surface area contributed by atoms with Gasteiger partial charge in [-0.1, -0.05) is 18.2 Å². The van der Waals surface area contributed by atoms with Gasteiger partial charge in [-0.15, -0.1) is 0 Å². The van der Waals surface area contributed by atoms with Crippen LogP contribution in [0.4, 0.5) is 17.2 Å². The topological polar surface area (TPSA) is 133 Å². The summed E-state index contributed by atoms with van der Waals surface area (Å²) in [7, 11) is 0. The van der Waals surface area contributed by atoms with Gasteiger partial charge in [-0.05, 0) is 42.7 Å². The fourth-order valence-electron chi connectivity index (χ4n) is 3.75. The highest BCUT2D eigenvalue weighted by Crippen LogP contribution is 2.31. The third-order valence-corrected chi connectivity index (χ3v) is 5.37. The molecule has 0 spiro atoms. The Balaban J connectivity index is 1.59. The number of hydrogen-bond acceptors (Lipinski definition) is 6. The van der Waals surface area contributed by atoms with Gasteiger partial charge in [0, 0.05) is 23.4 Å². The standard InChI is InChI=1S/C22H18N6O3/c1-11-14(3-2-4-15(11)22(30)31)20-26-17-10-23-28-19(17)21(27-20)24-13-7-5-12-6-8-18(29)25-16(12)9-13/h2-5,7,9-10H,6,8H2,1H3,(H,23,28)(H,25,29)(H,30,31)(H,24,26,27). The number of amides is 1. The molecule has 0 aliphatic carbocycles. The summed E-state index contributed by atoms with van der Waals surface area (Å²) < 4.78 is 0. The number of nitrogens with one attached hydrogen (secondary N) is 3. The van der Waals surface area contributed by atoms with Gasteiger partial charge < -0.3 is 15.7 Å². The Morgan fingerprint density at radius 3 is 2.87 bits per heavy atom. The minimum atomic E-state index is -1.00. The van der Waals surface area contributed by atoms with Crippen molar-refractivity contribution in [3.63, 3.8) is 0 Å². The molecule has 0 unspecified atom stereocenters. The fourth-order valence-corrected chi connectivity index (χ4v) is 3.75. The molecule has 5 rings (SSSR count). The second-order valence-electron chi connectivity index (χ2n) is 7.35. The van der Waals surface area contributed by atoms with Gasteiger partial charge in [-0.3, -0.25) is 9.89 Å². The van der Waals surface area contributed by atoms with E-state index in [1.165, 1.54) is 0 Å². The molecule has 9 nitrogen and oxygen atoms in total. The zero-order chi connectivity index (χ0) is 21.5. The van der Waals surface area contributed by atoms with Crippen LogP contribution in [0.25, 0.3) is 22.4 Å². The number of nitrogens with zero attached hydrogens (tertiary/aromatic N) is 3. The highest BCUT2D eigenvalue weighted by atomic mass is 16.4. The number of carboxylic acid groups (broad SMARTS) is 1. The summed E-state index contributed by atoms with van der Waals surface area (Å²) in [5.74, 6) is -0.111. The number of aryl methyl sites for hydroxylation is 1. The molecule has 4 N–H and O–H groups in total. The van der Waals surface area contributed by atoms with Crippen LogP contribution < -0.4 is 10.6 Å². The van der Waals surface area contributed by atoms with Crippen LogP contribution in [0.3, 0.4) is 0 Å². The van der Waals surface area contributed by atoms with Gasteiger partial charge in [0.1, 0.15) is 11.0 Å². The molecule has 1 aliphatic heterocycles. The Hall–Kier alpha value is -4.27. The van der Waals surface area contributed by atoms with Crippen molar-refractivity contribution < 1.29 is 14.7 Å². The summed E-state index contributed by atoms with van der Waals surface area (Å²) in [5, 5.41) is 22.6. The van der Waals surface area contributed by atoms with Crippen LogP contribution in [0.5, 0.6) is 0 Å². The maximum Gasteiger partial charge on any atom is 0.335 e. The average molecular weight is 414 g/mol. The van der Waals surface area contributed by atoms with Crippen LogP contribution >= 0.6 is 0 Å². The number of carbonyl (C=O) groups excluding carboxylic acids is 1. The van der Waals surface area contributed by atoms with E-state index in [9.17, 15) is 14.7 Å². The van der Waals surface area contributed by atoms with Gasteiger partial charge in [0.2, 0.25) is 5.91 Å². The van der Waals surface area contributed by atoms with E-state index in [0.29, 0.717) is 46.6 Å². The SMILES string of the molecule is Cc1c(C(=O)O)cccc1-c1nc(Nc2ccc3c(c2)NC(=O)CC3)c2[nH]ncc2n1. The summed E-state index contributed by atoms with van der Waals surface area (Å²) in [6.45, 7) is 1.74. The van der Waals surface area contributed by atoms with Gasteiger partial charge in [0.05, 0.1) is 11.8 Å². The zero-order valence-electron chi connectivity index (χ0n) is 16.6. The predicted octanol–water partition coefficient (Wildman–Crippen LogP) is 3.65. The van der Waals surface area contributed by atoms with Crippen molar-refractivity contribution in [2.75, 3.05) is 10.6 Å². The molecule has 0 radical (unpaired) electrons. The van der Waals surface area contributed by atoms with E-state index in [2.05, 4.69) is 30.8 Å². The monoisotopic (exact) mass is 414 g/mol. The summed E-state index contributed by atoms with van der Waals surface area (Å²) in [6.07, 6.45) is 2.79. The first kappa shape index (κ1) is 18.7. The number of fused-ring (bicyclic) bond motifs is 2. The average Bonchev–Trinajstić information content (AvgIpc) is 3.22. The molecule has 31 heavy (non-hydrogen) atoms. The lowest BCUT2D eigenvalue weighted by atomic mass is 10.0. The lowest BCUT2D eigenvalue weighted by Crippen LogP contribution is -2.18. The number of benzene rings is 2. The van der Waals surface area contributed by atoms with Crippen LogP contribution in [0.2, 0.25) is 0 Å². The van der Waals surface area contributed by atoms with E-state index in [1.807, 2.05) is 18.2 Å². The lowest BCUT2D eigenvalue weighted by Gasteiger charge is -2.18. The number of hydrogen-bond donors (Lipinski definition) is 4. The Bertz CT molecular complexity index is 1360. The number of carbonyl (C=O) groups is 2. The molecule has 0 atom stereocenters. The predicted molar refractivity (Wildman–Crippen MR) is 115 cm³/mol. The molecule has 1 aliphatic rings. The van der Waals surface area contributed by atoms with Crippen molar-refractivity contribution in [1.82, 2.24) is 20.2 Å². The molecule has 0 bridgehead atoms. The molecule has 0 saturated heterocycles. The van der Waals surface area contributed by atoms with Crippen molar-refractivity contribution in [3.05, 3.63) is 59.3 Å². The summed E-state index contributed by atoms with van der Waals surface area (Å²) >= 11 is 0. The number of aromatic nitrogens is 4. The smallest absolute Gasteiger partial charge is 0.335 e. The van der Waals surface area contributed by atoms with Crippen molar-refractivity contribution in [2.24, 2.45) is 0 Å². The summed E-state index contributed by atoms with van der Waals surface area (Å²) in [5.41, 5.74) is 5.24. The van der Waals surface area contributed by atoms with Crippen molar-refractivity contribution in [2.45, 2.75) is 19.8 Å². The molecular weight excluding hydrogens is 396 g/mol. The highest BCUT2D eigenvalue weighted by Gasteiger charge is 2.18. The van der Waals surface area contributed by atoms with E-state index in [4.69, 9.17) is 0 Å². The maximum atomic E-state index is 11.7. The lowest BCUT2D eigenvalue weighted by molar-refractivity contribution is -0.116. The molecule has 3 heterocycles. The Kier molecular flexibility index (Phi) is 4.36. The Labute approximate surface area is 176 Å². The molecule has 154 valence electrons. The van der Waals surface area contributed by atoms with Crippen LogP contribution in [0.1, 0.15) is 27.9 Å². The van der Waals surface area contributed by atoms with Gasteiger partial charge in [-0.25, -0.2) is 14.8 Å². The maximum absolute atomic E-state index is 11.7. The van der Waals surface area contributed by atoms with E-state index in [0.717, 1.165) is 16.9 Å². The van der Waals surface area contributed by atoms with Gasteiger partial charge in [0.25, 0.3) is 0 Å². The minimum Gasteiger partial charge on any atom is -0.478 e. The largest absolute Gasteiger partial charge is 0.478 e. The number of carboxylic acids is 1. The van der Waals surface area contributed by atoms with Gasteiger partial charge >= 0.3 is 5.97 Å². The first-order valence-corrected chi connectivity index (χ1v) is 9.74. The number of anilines is 3. The third kappa shape index (κ3) is 3.35. The molecule has 1 amide bonds. The normalized spacial score (nSPS) is 13.0. The first-order chi connectivity index (χ1) is 15.0. The first-order valence-electron chi connectivity index (χ1n) is 9.74. The molecule has 4 aromatic rings. The van der Waals surface area contributed by atoms with Crippen LogP contribution in [0, 0.1) is 6.92 Å². The zero-order valence-corrected chi connectivity index (χ0v) is 16.6. The Morgan fingerprint density at radius 1 is 1.16 bits per heavy atom. The summed E-state index contributed by atoms with van der Waals surface area (Å²) in [6, 6.07) is 10.8. The van der Waals surface area contributed by atoms with Crippen LogP contribution in [-0.2, 0) is 11.2 Å². The number of aromatic carboxylic acids is 1. The molecule has 0 saturated carbocycles. The quantitative estimate of drug-likeness (QED) is 0.400. The van der Waals surface area contributed by atoms with Crippen molar-refractivity contribution >= 4 is 40.1 Å². The highest BCUT2D eigenvalue weighted by molar-refractivity contribution is 5.95. The van der Waals surface area contributed by atoms with E-state index in [1.54, 1.807) is 31.3 Å². The van der Waals surface area contributed by atoms with Crippen molar-refractivity contribution in [1.29, 1.82) is 0 Å². The molecule has 2 aromatic carbocycles. The number of rotatable bonds is 4. The second-order valence-corrected chi connectivity index (χ2v) is 7.35. The minimum absolute atomic E-state index is 0.00119. The van der Waals surface area contributed by atoms with Crippen molar-refractivity contribution in [3.8, 4) is 11.4 Å². The molecular formula is C22H18N6O3. The second kappa shape index (κ2) is 7.21. The van der Waals surface area contributed by atoms with Gasteiger partial charge in [0.15, 0.2) is 11.6 Å². The van der Waals surface area contributed by atoms with E-state index >= 15 is 0 Å². The summed E-state index contributed by atoms with van der Waals surface area (Å²) in [4.78, 5) is 32.5. The third-order valence-electron chi connectivity index (χ3n) is 5.37. The fraction of sp³-hybridized carbons (Fsp3) is 0.136.